The van der Waals surface area contributed by atoms with Gasteiger partial charge >= 0.3 is 59.8 Å². The molecular weight excluding hydrogens is 556 g/mol. The number of alkyl halides is 20. The van der Waals surface area contributed by atoms with Crippen molar-refractivity contribution in [3.8, 4) is 0 Å². The van der Waals surface area contributed by atoms with E-state index in [2.05, 4.69) is 4.74 Å². The van der Waals surface area contributed by atoms with Crippen molar-refractivity contribution in [1.29, 1.82) is 0 Å². The lowest BCUT2D eigenvalue weighted by Crippen LogP contribution is -2.74. The minimum atomic E-state index is -8.81. The number of carbonyl (C=O) groups is 1. The number of esters is 1. The smallest absolute Gasteiger partial charge is 0.459 e. The second-order valence-corrected chi connectivity index (χ2v) is 6.03. The Morgan fingerprint density at radius 2 is 0.765 bits per heavy atom. The molecule has 34 heavy (non-hydrogen) atoms. The third-order valence-electron chi connectivity index (χ3n) is 3.67. The fraction of sp³-hybridized carbons (Fsp3) is 0.917. The van der Waals surface area contributed by atoms with Crippen molar-refractivity contribution in [3.63, 3.8) is 0 Å². The molecule has 0 rings (SSSR count). The van der Waals surface area contributed by atoms with Gasteiger partial charge in [-0.15, -0.1) is 0 Å². The lowest BCUT2D eigenvalue weighted by molar-refractivity contribution is -0.461. The molecular formula is C12H4F20O2. The van der Waals surface area contributed by atoms with E-state index in [1.54, 1.807) is 0 Å². The molecule has 0 atom stereocenters. The molecule has 0 aromatic heterocycles. The topological polar surface area (TPSA) is 26.3 Å². The molecule has 0 fully saturated rings. The van der Waals surface area contributed by atoms with Crippen LogP contribution in [0.4, 0.5) is 87.8 Å². The van der Waals surface area contributed by atoms with Crippen LogP contribution in [0.5, 0.6) is 0 Å². The molecule has 0 spiro atoms. The second-order valence-electron chi connectivity index (χ2n) is 6.03. The monoisotopic (exact) mass is 560 g/mol. The molecule has 0 saturated carbocycles. The van der Waals surface area contributed by atoms with E-state index < -0.39 is 72.8 Å². The highest BCUT2D eigenvalue weighted by Crippen LogP contribution is 2.64. The number of hydrogen-bond acceptors (Lipinski definition) is 2. The molecule has 204 valence electrons. The Balaban J connectivity index is 6.32. The summed E-state index contributed by atoms with van der Waals surface area (Å²) in [6, 6.07) is 0. The number of ether oxygens (including phenoxy) is 1. The molecule has 0 aliphatic carbocycles. The van der Waals surface area contributed by atoms with E-state index >= 15 is 0 Å². The first-order valence-corrected chi connectivity index (χ1v) is 7.33. The van der Waals surface area contributed by atoms with Crippen LogP contribution >= 0.6 is 0 Å². The van der Waals surface area contributed by atoms with Crippen molar-refractivity contribution >= 4 is 5.97 Å². The van der Waals surface area contributed by atoms with Crippen molar-refractivity contribution in [2.75, 3.05) is 6.61 Å². The van der Waals surface area contributed by atoms with E-state index in [1.807, 2.05) is 0 Å². The molecule has 0 aromatic carbocycles. The summed E-state index contributed by atoms with van der Waals surface area (Å²) in [5.41, 5.74) is 0. The van der Waals surface area contributed by atoms with E-state index in [0.717, 1.165) is 0 Å². The van der Waals surface area contributed by atoms with Crippen LogP contribution < -0.4 is 0 Å². The van der Waals surface area contributed by atoms with Crippen LogP contribution in [0.2, 0.25) is 0 Å². The summed E-state index contributed by atoms with van der Waals surface area (Å²) in [4.78, 5) is 10.2. The summed E-state index contributed by atoms with van der Waals surface area (Å²) >= 11 is 0. The van der Waals surface area contributed by atoms with Gasteiger partial charge in [0.1, 0.15) is 0 Å². The average molecular weight is 560 g/mol. The van der Waals surface area contributed by atoms with Gasteiger partial charge in [0.15, 0.2) is 0 Å². The third kappa shape index (κ3) is 4.63. The first kappa shape index (κ1) is 32.1. The van der Waals surface area contributed by atoms with E-state index in [9.17, 15) is 92.6 Å². The van der Waals surface area contributed by atoms with Gasteiger partial charge in [-0.2, -0.15) is 87.8 Å². The van der Waals surface area contributed by atoms with Crippen molar-refractivity contribution in [3.05, 3.63) is 0 Å². The predicted octanol–water partition coefficient (Wildman–Crippen LogP) is 6.49. The Morgan fingerprint density at radius 1 is 0.471 bits per heavy atom. The summed E-state index contributed by atoms with van der Waals surface area (Å²) in [5, 5.41) is 0. The molecule has 2 nitrogen and oxygen atoms in total. The van der Waals surface area contributed by atoms with Gasteiger partial charge in [-0.25, -0.2) is 4.79 Å². The number of rotatable bonds is 9. The van der Waals surface area contributed by atoms with Crippen molar-refractivity contribution in [2.45, 2.75) is 60.2 Å². The van der Waals surface area contributed by atoms with Crippen LogP contribution in [0.3, 0.4) is 0 Å². The lowest BCUT2D eigenvalue weighted by atomic mass is 9.88. The summed E-state index contributed by atoms with van der Waals surface area (Å²) in [7, 11) is 0. The third-order valence-corrected chi connectivity index (χ3v) is 3.67. The van der Waals surface area contributed by atoms with Crippen LogP contribution in [-0.4, -0.2) is 66.4 Å². The molecule has 0 aromatic rings. The van der Waals surface area contributed by atoms with Crippen LogP contribution in [-0.2, 0) is 9.53 Å². The van der Waals surface area contributed by atoms with Crippen LogP contribution in [0, 0.1) is 0 Å². The minimum Gasteiger partial charge on any atom is -0.459 e. The summed E-state index contributed by atoms with van der Waals surface area (Å²) < 4.78 is 258. The normalized spacial score (nSPS) is 16.0. The maximum Gasteiger partial charge on any atom is 0.490 e. The summed E-state index contributed by atoms with van der Waals surface area (Å²) in [5.74, 6) is -61.6. The average Bonchev–Trinajstić information content (AvgIpc) is 2.58. The quantitative estimate of drug-likeness (QED) is 0.238. The van der Waals surface area contributed by atoms with Gasteiger partial charge in [-0.3, -0.25) is 0 Å². The molecule has 0 bridgehead atoms. The minimum absolute atomic E-state index is 2.67. The Kier molecular flexibility index (Phi) is 7.86. The predicted molar refractivity (Wildman–Crippen MR) is 62.3 cm³/mol. The van der Waals surface area contributed by atoms with Gasteiger partial charge in [0.25, 0.3) is 0 Å². The number of hydrogen-bond donors (Lipinski definition) is 0. The van der Waals surface area contributed by atoms with Gasteiger partial charge in [0, 0.05) is 0 Å². The molecule has 0 unspecified atom stereocenters. The van der Waals surface area contributed by atoms with Crippen molar-refractivity contribution in [1.82, 2.24) is 0 Å². The molecule has 0 amide bonds. The molecule has 0 radical (unpaired) electrons. The highest BCUT2D eigenvalue weighted by Gasteiger charge is 2.95. The molecule has 0 N–H and O–H groups in total. The van der Waals surface area contributed by atoms with Gasteiger partial charge in [-0.05, 0) is 0 Å². The Bertz CT molecular complexity index is 744. The van der Waals surface area contributed by atoms with Gasteiger partial charge in [0.05, 0.1) is 13.0 Å². The van der Waals surface area contributed by atoms with Crippen LogP contribution in [0.1, 0.15) is 6.42 Å². The molecule has 0 saturated heterocycles. The van der Waals surface area contributed by atoms with E-state index in [0.29, 0.717) is 0 Å². The Morgan fingerprint density at radius 3 is 1.06 bits per heavy atom. The van der Waals surface area contributed by atoms with E-state index in [1.165, 1.54) is 0 Å². The molecule has 0 heterocycles. The maximum absolute atomic E-state index is 13.4. The zero-order valence-electron chi connectivity index (χ0n) is 14.8. The van der Waals surface area contributed by atoms with E-state index in [-0.39, 0.29) is 0 Å². The summed E-state index contributed by atoms with van der Waals surface area (Å²) in [6.45, 7) is -2.67. The lowest BCUT2D eigenvalue weighted by Gasteiger charge is -2.42. The van der Waals surface area contributed by atoms with Crippen molar-refractivity contribution in [2.24, 2.45) is 0 Å². The molecule has 22 heteroatoms. The van der Waals surface area contributed by atoms with Gasteiger partial charge in [0.2, 0.25) is 0 Å². The highest BCUT2D eigenvalue weighted by atomic mass is 19.4. The van der Waals surface area contributed by atoms with Crippen LogP contribution in [0.25, 0.3) is 0 Å². The van der Waals surface area contributed by atoms with Crippen LogP contribution in [0.15, 0.2) is 0 Å². The SMILES string of the molecule is O=C(OCCC(F)(F)C(F)(F)C(F)(F)C(F)(F)C(F)(F)C(F)(F)C(F)(F)C(F)(F)F)C(F)(F)F. The Hall–Kier alpha value is -1.93. The molecule has 0 aliphatic heterocycles. The van der Waals surface area contributed by atoms with E-state index in [4.69, 9.17) is 0 Å². The summed E-state index contributed by atoms with van der Waals surface area (Å²) in [6.07, 6.45) is -17.2. The fourth-order valence-corrected chi connectivity index (χ4v) is 1.71. The fourth-order valence-electron chi connectivity index (χ4n) is 1.71. The first-order chi connectivity index (χ1) is 14.4. The number of carbonyl (C=O) groups excluding carboxylic acids is 1. The standard InChI is InChI=1S/C12H4F20O2/c13-4(14,1-2-34-3(33)5(15,16)17)6(18,19)7(20,21)8(22,23)9(24,25)10(26,27)11(28,29)12(30,31)32/h1-2H2. The van der Waals surface area contributed by atoms with Crippen molar-refractivity contribution < 1.29 is 97.3 Å². The number of halogens is 20. The zero-order chi connectivity index (χ0) is 28.2. The zero-order valence-corrected chi connectivity index (χ0v) is 14.8. The highest BCUT2D eigenvalue weighted by molar-refractivity contribution is 5.75. The maximum atomic E-state index is 13.4. The largest absolute Gasteiger partial charge is 0.490 e. The van der Waals surface area contributed by atoms with Gasteiger partial charge < -0.3 is 4.74 Å². The molecule has 0 aliphatic rings. The second kappa shape index (κ2) is 8.33. The van der Waals surface area contributed by atoms with Gasteiger partial charge in [-0.1, -0.05) is 0 Å². The first-order valence-electron chi connectivity index (χ1n) is 7.33. The Labute approximate surface area is 171 Å².